The minimum atomic E-state index is -0.376. The highest BCUT2D eigenvalue weighted by molar-refractivity contribution is 5.96. The zero-order valence-electron chi connectivity index (χ0n) is 15.8. The number of hydrogen-bond donors (Lipinski definition) is 2. The van der Waals surface area contributed by atoms with Crippen LogP contribution >= 0.6 is 0 Å². The van der Waals surface area contributed by atoms with Gasteiger partial charge in [0.15, 0.2) is 0 Å². The molecule has 2 heterocycles. The van der Waals surface area contributed by atoms with Crippen LogP contribution < -0.4 is 15.5 Å². The maximum atomic E-state index is 13.4. The van der Waals surface area contributed by atoms with Crippen LogP contribution in [0.15, 0.2) is 24.3 Å². The number of likely N-dealkylation sites (tertiary alicyclic amines) is 1. The SMILES string of the molecule is O=C(NCCCN1CCCCCC1)NC1CC(=O)N(c2cccc(F)c2)C1. The Morgan fingerprint density at radius 3 is 2.70 bits per heavy atom. The van der Waals surface area contributed by atoms with E-state index in [1.807, 2.05) is 0 Å². The van der Waals surface area contributed by atoms with Gasteiger partial charge in [-0.3, -0.25) is 4.79 Å². The molecule has 27 heavy (non-hydrogen) atoms. The molecule has 1 aromatic rings. The van der Waals surface area contributed by atoms with E-state index in [0.29, 0.717) is 18.8 Å². The van der Waals surface area contributed by atoms with Crippen LogP contribution in [0.2, 0.25) is 0 Å². The van der Waals surface area contributed by atoms with Crippen LogP contribution in [0.4, 0.5) is 14.9 Å². The molecule has 2 aliphatic heterocycles. The second-order valence-electron chi connectivity index (χ2n) is 7.39. The Morgan fingerprint density at radius 2 is 1.96 bits per heavy atom. The van der Waals surface area contributed by atoms with Gasteiger partial charge in [-0.25, -0.2) is 9.18 Å². The number of carbonyl (C=O) groups excluding carboxylic acids is 2. The van der Waals surface area contributed by atoms with Gasteiger partial charge in [-0.05, 0) is 57.1 Å². The molecule has 1 unspecified atom stereocenters. The predicted octanol–water partition coefficient (Wildman–Crippen LogP) is 2.50. The fraction of sp³-hybridized carbons (Fsp3) is 0.600. The van der Waals surface area contributed by atoms with Crippen LogP contribution in [-0.4, -0.2) is 55.6 Å². The number of benzene rings is 1. The Hall–Kier alpha value is -2.15. The van der Waals surface area contributed by atoms with E-state index in [0.717, 1.165) is 26.1 Å². The summed E-state index contributed by atoms with van der Waals surface area (Å²) >= 11 is 0. The van der Waals surface area contributed by atoms with E-state index >= 15 is 0 Å². The Morgan fingerprint density at radius 1 is 1.19 bits per heavy atom. The van der Waals surface area contributed by atoms with Gasteiger partial charge in [0, 0.05) is 25.2 Å². The molecule has 2 saturated heterocycles. The molecule has 1 atom stereocenters. The molecule has 0 spiro atoms. The summed E-state index contributed by atoms with van der Waals surface area (Å²) in [6.45, 7) is 4.31. The standard InChI is InChI=1S/C20H29FN4O2/c21-16-7-5-8-18(13-16)25-15-17(14-19(25)26)23-20(27)22-9-6-12-24-10-3-1-2-4-11-24/h5,7-8,13,17H,1-4,6,9-12,14-15H2,(H2,22,23,27). The van der Waals surface area contributed by atoms with Gasteiger partial charge in [-0.1, -0.05) is 18.9 Å². The Labute approximate surface area is 160 Å². The number of amides is 3. The minimum absolute atomic E-state index is 0.105. The maximum Gasteiger partial charge on any atom is 0.315 e. The molecule has 0 aliphatic carbocycles. The number of anilines is 1. The molecule has 0 aromatic heterocycles. The fourth-order valence-electron chi connectivity index (χ4n) is 3.80. The van der Waals surface area contributed by atoms with Gasteiger partial charge in [0.25, 0.3) is 0 Å². The van der Waals surface area contributed by atoms with E-state index in [1.165, 1.54) is 42.7 Å². The zero-order valence-corrected chi connectivity index (χ0v) is 15.8. The third kappa shape index (κ3) is 5.92. The van der Waals surface area contributed by atoms with E-state index in [-0.39, 0.29) is 30.2 Å². The molecule has 2 aliphatic rings. The van der Waals surface area contributed by atoms with Crippen LogP contribution in [-0.2, 0) is 4.79 Å². The van der Waals surface area contributed by atoms with Crippen molar-refractivity contribution in [3.8, 4) is 0 Å². The first-order valence-corrected chi connectivity index (χ1v) is 9.94. The average molecular weight is 376 g/mol. The van der Waals surface area contributed by atoms with Gasteiger partial charge >= 0.3 is 6.03 Å². The summed E-state index contributed by atoms with van der Waals surface area (Å²) in [5, 5.41) is 5.73. The second-order valence-corrected chi connectivity index (χ2v) is 7.39. The molecule has 2 fully saturated rings. The number of nitrogens with zero attached hydrogens (tertiary/aromatic N) is 2. The molecule has 0 bridgehead atoms. The smallest absolute Gasteiger partial charge is 0.315 e. The van der Waals surface area contributed by atoms with Crippen molar-refractivity contribution in [2.45, 2.75) is 44.6 Å². The molecule has 3 amide bonds. The summed E-state index contributed by atoms with van der Waals surface area (Å²) in [6.07, 6.45) is 6.34. The number of halogens is 1. The summed E-state index contributed by atoms with van der Waals surface area (Å²) in [5.41, 5.74) is 0.530. The van der Waals surface area contributed by atoms with Crippen LogP contribution in [0.3, 0.4) is 0 Å². The number of urea groups is 1. The van der Waals surface area contributed by atoms with Crippen molar-refractivity contribution in [1.29, 1.82) is 0 Å². The first-order valence-electron chi connectivity index (χ1n) is 9.94. The second kappa shape index (κ2) is 9.69. The number of carbonyl (C=O) groups is 2. The highest BCUT2D eigenvalue weighted by Gasteiger charge is 2.31. The highest BCUT2D eigenvalue weighted by Crippen LogP contribution is 2.22. The number of nitrogens with one attached hydrogen (secondary N) is 2. The largest absolute Gasteiger partial charge is 0.338 e. The lowest BCUT2D eigenvalue weighted by atomic mass is 10.2. The lowest BCUT2D eigenvalue weighted by molar-refractivity contribution is -0.117. The fourth-order valence-corrected chi connectivity index (χ4v) is 3.80. The molecule has 0 radical (unpaired) electrons. The lowest BCUT2D eigenvalue weighted by Crippen LogP contribution is -2.44. The normalized spacial score (nSPS) is 21.1. The molecule has 2 N–H and O–H groups in total. The summed E-state index contributed by atoms with van der Waals surface area (Å²) in [7, 11) is 0. The van der Waals surface area contributed by atoms with Crippen molar-refractivity contribution in [2.75, 3.05) is 37.6 Å². The van der Waals surface area contributed by atoms with Gasteiger partial charge in [0.2, 0.25) is 5.91 Å². The van der Waals surface area contributed by atoms with Gasteiger partial charge in [0.05, 0.1) is 6.04 Å². The lowest BCUT2D eigenvalue weighted by Gasteiger charge is -2.20. The summed E-state index contributed by atoms with van der Waals surface area (Å²) in [5.74, 6) is -0.481. The summed E-state index contributed by atoms with van der Waals surface area (Å²) in [6, 6.07) is 5.46. The molecule has 0 saturated carbocycles. The van der Waals surface area contributed by atoms with Crippen molar-refractivity contribution in [2.24, 2.45) is 0 Å². The van der Waals surface area contributed by atoms with Crippen molar-refractivity contribution >= 4 is 17.6 Å². The predicted molar refractivity (Wildman–Crippen MR) is 103 cm³/mol. The van der Waals surface area contributed by atoms with Gasteiger partial charge in [0.1, 0.15) is 5.82 Å². The molecule has 3 rings (SSSR count). The van der Waals surface area contributed by atoms with Crippen LogP contribution in [0.25, 0.3) is 0 Å². The molecular weight excluding hydrogens is 347 g/mol. The highest BCUT2D eigenvalue weighted by atomic mass is 19.1. The van der Waals surface area contributed by atoms with Crippen LogP contribution in [0, 0.1) is 5.82 Å². The van der Waals surface area contributed by atoms with E-state index in [9.17, 15) is 14.0 Å². The van der Waals surface area contributed by atoms with Gasteiger partial charge in [-0.2, -0.15) is 0 Å². The average Bonchev–Trinajstić information content (AvgIpc) is 2.83. The topological polar surface area (TPSA) is 64.7 Å². The Kier molecular flexibility index (Phi) is 7.04. The molecule has 148 valence electrons. The third-order valence-corrected chi connectivity index (χ3v) is 5.22. The summed E-state index contributed by atoms with van der Waals surface area (Å²) in [4.78, 5) is 28.2. The molecular formula is C20H29FN4O2. The van der Waals surface area contributed by atoms with E-state index < -0.39 is 0 Å². The van der Waals surface area contributed by atoms with Gasteiger partial charge in [-0.15, -0.1) is 0 Å². The van der Waals surface area contributed by atoms with Gasteiger partial charge < -0.3 is 20.4 Å². The summed E-state index contributed by atoms with van der Waals surface area (Å²) < 4.78 is 13.4. The van der Waals surface area contributed by atoms with Crippen molar-refractivity contribution in [3.05, 3.63) is 30.1 Å². The Balaban J connectivity index is 1.36. The first-order chi connectivity index (χ1) is 13.1. The molecule has 7 heteroatoms. The van der Waals surface area contributed by atoms with Crippen molar-refractivity contribution in [1.82, 2.24) is 15.5 Å². The van der Waals surface area contributed by atoms with Crippen molar-refractivity contribution in [3.63, 3.8) is 0 Å². The number of rotatable bonds is 6. The van der Waals surface area contributed by atoms with Crippen LogP contribution in [0.1, 0.15) is 38.5 Å². The monoisotopic (exact) mass is 376 g/mol. The van der Waals surface area contributed by atoms with E-state index in [2.05, 4.69) is 15.5 Å². The van der Waals surface area contributed by atoms with E-state index in [1.54, 1.807) is 12.1 Å². The maximum absolute atomic E-state index is 13.4. The quantitative estimate of drug-likeness (QED) is 0.750. The number of hydrogen-bond acceptors (Lipinski definition) is 3. The molecule has 1 aromatic carbocycles. The minimum Gasteiger partial charge on any atom is -0.338 e. The van der Waals surface area contributed by atoms with Crippen LogP contribution in [0.5, 0.6) is 0 Å². The third-order valence-electron chi connectivity index (χ3n) is 5.22. The first kappa shape index (κ1) is 19.6. The van der Waals surface area contributed by atoms with E-state index in [4.69, 9.17) is 0 Å². The Bertz CT molecular complexity index is 647. The molecule has 6 nitrogen and oxygen atoms in total. The zero-order chi connectivity index (χ0) is 19.1. The van der Waals surface area contributed by atoms with Crippen molar-refractivity contribution < 1.29 is 14.0 Å².